The lowest BCUT2D eigenvalue weighted by molar-refractivity contribution is 0.0574. The van der Waals surface area contributed by atoms with Gasteiger partial charge in [-0.25, -0.2) is 0 Å². The Hall–Kier alpha value is -2.21. The molecule has 0 radical (unpaired) electrons. The van der Waals surface area contributed by atoms with Gasteiger partial charge < -0.3 is 9.42 Å². The average Bonchev–Trinajstić information content (AvgIpc) is 2.84. The number of carbonyl (C=O) groups is 1. The van der Waals surface area contributed by atoms with Gasteiger partial charge >= 0.3 is 0 Å². The lowest BCUT2D eigenvalue weighted by atomic mass is 9.94. The topological polar surface area (TPSA) is 62.5 Å². The number of fused-ring (bicyclic) bond motifs is 4. The molecule has 5 heterocycles. The fourth-order valence-corrected chi connectivity index (χ4v) is 3.92. The minimum Gasteiger partial charge on any atom is -0.361 e. The summed E-state index contributed by atoms with van der Waals surface area (Å²) in [5.74, 6) is 1.21. The zero-order chi connectivity index (χ0) is 16.5. The van der Waals surface area contributed by atoms with Gasteiger partial charge in [-0.05, 0) is 37.3 Å². The second-order valence-electron chi connectivity index (χ2n) is 6.93. The Morgan fingerprint density at radius 3 is 3.00 bits per heavy atom. The van der Waals surface area contributed by atoms with E-state index in [0.717, 1.165) is 32.6 Å². The molecular weight excluding hydrogens is 304 g/mol. The predicted octanol–water partition coefficient (Wildman–Crippen LogP) is 2.11. The number of aryl methyl sites for hydroxylation is 1. The van der Waals surface area contributed by atoms with Crippen molar-refractivity contribution in [1.82, 2.24) is 19.9 Å². The van der Waals surface area contributed by atoms with Gasteiger partial charge in [-0.15, -0.1) is 0 Å². The summed E-state index contributed by atoms with van der Waals surface area (Å²) in [5.41, 5.74) is 1.66. The molecular formula is C18H22N4O2. The highest BCUT2D eigenvalue weighted by Gasteiger charge is 2.38. The third-order valence-corrected chi connectivity index (χ3v) is 5.03. The Morgan fingerprint density at radius 1 is 1.33 bits per heavy atom. The monoisotopic (exact) mass is 326 g/mol. The quantitative estimate of drug-likeness (QED) is 0.864. The maximum Gasteiger partial charge on any atom is 0.276 e. The number of pyridine rings is 1. The molecule has 3 fully saturated rings. The molecule has 5 rings (SSSR count). The summed E-state index contributed by atoms with van der Waals surface area (Å²) < 4.78 is 5.07. The molecule has 1 amide bonds. The van der Waals surface area contributed by atoms with Gasteiger partial charge in [0.1, 0.15) is 5.76 Å². The molecule has 0 spiro atoms. The fraction of sp³-hybridized carbons (Fsp3) is 0.500. The highest BCUT2D eigenvalue weighted by molar-refractivity contribution is 5.92. The van der Waals surface area contributed by atoms with Crippen LogP contribution in [-0.4, -0.2) is 51.5 Å². The Labute approximate surface area is 141 Å². The highest BCUT2D eigenvalue weighted by atomic mass is 16.5. The lowest BCUT2D eigenvalue weighted by Crippen LogP contribution is -2.47. The molecule has 0 unspecified atom stereocenters. The summed E-state index contributed by atoms with van der Waals surface area (Å²) >= 11 is 0. The van der Waals surface area contributed by atoms with Crippen LogP contribution in [0.4, 0.5) is 0 Å². The average molecular weight is 326 g/mol. The number of hydrogen-bond acceptors (Lipinski definition) is 5. The van der Waals surface area contributed by atoms with Gasteiger partial charge in [0.05, 0.1) is 0 Å². The van der Waals surface area contributed by atoms with E-state index < -0.39 is 0 Å². The minimum atomic E-state index is 0.00442. The minimum absolute atomic E-state index is 0.00442. The first-order valence-corrected chi connectivity index (χ1v) is 8.54. The van der Waals surface area contributed by atoms with E-state index in [1.54, 1.807) is 12.3 Å². The van der Waals surface area contributed by atoms with Gasteiger partial charge in [0.25, 0.3) is 5.91 Å². The second-order valence-corrected chi connectivity index (χ2v) is 6.93. The smallest absolute Gasteiger partial charge is 0.276 e. The third-order valence-electron chi connectivity index (χ3n) is 5.03. The highest BCUT2D eigenvalue weighted by Crippen LogP contribution is 2.29. The van der Waals surface area contributed by atoms with Crippen LogP contribution in [0.3, 0.4) is 0 Å². The van der Waals surface area contributed by atoms with Gasteiger partial charge in [-0.2, -0.15) is 0 Å². The van der Waals surface area contributed by atoms with Crippen molar-refractivity contribution in [2.45, 2.75) is 32.4 Å². The maximum absolute atomic E-state index is 12.8. The van der Waals surface area contributed by atoms with Crippen LogP contribution in [0.15, 0.2) is 35.1 Å². The molecule has 2 aromatic rings. The SMILES string of the molecule is Cc1cc(C(=O)N2C[C@H]3CC[C@@H]2CN(Cc2cccnc2)C3)no1. The summed E-state index contributed by atoms with van der Waals surface area (Å²) in [5, 5.41) is 3.90. The van der Waals surface area contributed by atoms with Gasteiger partial charge in [0, 0.05) is 50.7 Å². The number of hydrogen-bond donors (Lipinski definition) is 0. The first-order chi connectivity index (χ1) is 11.7. The van der Waals surface area contributed by atoms with E-state index in [1.165, 1.54) is 12.0 Å². The van der Waals surface area contributed by atoms with Crippen LogP contribution in [0.2, 0.25) is 0 Å². The molecule has 0 saturated carbocycles. The number of nitrogens with zero attached hydrogens (tertiary/aromatic N) is 4. The Morgan fingerprint density at radius 2 is 2.25 bits per heavy atom. The molecule has 0 N–H and O–H groups in total. The van der Waals surface area contributed by atoms with Gasteiger partial charge in [0.15, 0.2) is 5.69 Å². The van der Waals surface area contributed by atoms with Gasteiger partial charge in [-0.3, -0.25) is 14.7 Å². The summed E-state index contributed by atoms with van der Waals surface area (Å²) in [6.07, 6.45) is 5.98. The van der Waals surface area contributed by atoms with Crippen molar-refractivity contribution >= 4 is 5.91 Å². The molecule has 0 aromatic carbocycles. The first-order valence-electron chi connectivity index (χ1n) is 8.54. The number of rotatable bonds is 3. The first kappa shape index (κ1) is 15.3. The van der Waals surface area contributed by atoms with Crippen molar-refractivity contribution in [3.05, 3.63) is 47.6 Å². The van der Waals surface area contributed by atoms with E-state index >= 15 is 0 Å². The lowest BCUT2D eigenvalue weighted by Gasteiger charge is -2.35. The normalized spacial score (nSPS) is 24.1. The third kappa shape index (κ3) is 3.06. The summed E-state index contributed by atoms with van der Waals surface area (Å²) in [4.78, 5) is 21.5. The fourth-order valence-electron chi connectivity index (χ4n) is 3.92. The van der Waals surface area contributed by atoms with Crippen molar-refractivity contribution < 1.29 is 9.32 Å². The molecule has 3 aliphatic rings. The van der Waals surface area contributed by atoms with Crippen LogP contribution in [-0.2, 0) is 6.54 Å². The van der Waals surface area contributed by atoms with E-state index in [4.69, 9.17) is 4.52 Å². The molecule has 6 nitrogen and oxygen atoms in total. The van der Waals surface area contributed by atoms with Crippen molar-refractivity contribution in [2.24, 2.45) is 5.92 Å². The largest absolute Gasteiger partial charge is 0.361 e. The van der Waals surface area contributed by atoms with Gasteiger partial charge in [-0.1, -0.05) is 11.2 Å². The summed E-state index contributed by atoms with van der Waals surface area (Å²) in [7, 11) is 0. The zero-order valence-electron chi connectivity index (χ0n) is 13.9. The Bertz CT molecular complexity index is 715. The Kier molecular flexibility index (Phi) is 4.06. The molecule has 6 heteroatoms. The second kappa shape index (κ2) is 6.36. The maximum atomic E-state index is 12.8. The summed E-state index contributed by atoms with van der Waals surface area (Å²) in [6.45, 7) is 5.47. The molecule has 24 heavy (non-hydrogen) atoms. The van der Waals surface area contributed by atoms with E-state index in [9.17, 15) is 4.79 Å². The van der Waals surface area contributed by atoms with E-state index in [1.807, 2.05) is 24.1 Å². The van der Waals surface area contributed by atoms with Crippen molar-refractivity contribution in [2.75, 3.05) is 19.6 Å². The molecule has 126 valence electrons. The van der Waals surface area contributed by atoms with E-state index in [2.05, 4.69) is 21.1 Å². The van der Waals surface area contributed by atoms with Crippen molar-refractivity contribution in [1.29, 1.82) is 0 Å². The van der Waals surface area contributed by atoms with Crippen LogP contribution < -0.4 is 0 Å². The molecule has 3 aliphatic heterocycles. The Balaban J connectivity index is 1.49. The van der Waals surface area contributed by atoms with Crippen LogP contribution >= 0.6 is 0 Å². The molecule has 0 aliphatic carbocycles. The molecule has 2 aromatic heterocycles. The number of amides is 1. The predicted molar refractivity (Wildman–Crippen MR) is 88.3 cm³/mol. The van der Waals surface area contributed by atoms with E-state index in [-0.39, 0.29) is 11.9 Å². The van der Waals surface area contributed by atoms with Crippen molar-refractivity contribution in [3.63, 3.8) is 0 Å². The standard InChI is InChI=1S/C18H22N4O2/c1-13-7-17(20-24-13)18(23)22-11-15-4-5-16(22)12-21(10-15)9-14-3-2-6-19-8-14/h2-3,6-8,15-16H,4-5,9-12H2,1H3/t15-,16+/m0/s1. The van der Waals surface area contributed by atoms with Gasteiger partial charge in [0.2, 0.25) is 0 Å². The zero-order valence-corrected chi connectivity index (χ0v) is 13.9. The van der Waals surface area contributed by atoms with E-state index in [0.29, 0.717) is 17.4 Å². The van der Waals surface area contributed by atoms with Crippen molar-refractivity contribution in [3.8, 4) is 0 Å². The van der Waals surface area contributed by atoms with Crippen LogP contribution in [0.25, 0.3) is 0 Å². The molecule has 3 saturated heterocycles. The van der Waals surface area contributed by atoms with Crippen LogP contribution in [0, 0.1) is 12.8 Å². The van der Waals surface area contributed by atoms with Crippen LogP contribution in [0.5, 0.6) is 0 Å². The molecule has 2 atom stereocenters. The molecule has 2 bridgehead atoms. The number of carbonyl (C=O) groups excluding carboxylic acids is 1. The number of aromatic nitrogens is 2. The summed E-state index contributed by atoms with van der Waals surface area (Å²) in [6, 6.07) is 6.07. The van der Waals surface area contributed by atoms with Crippen LogP contribution in [0.1, 0.15) is 34.7 Å². The number of piperidine rings is 1.